The second-order valence-electron chi connectivity index (χ2n) is 6.77. The van der Waals surface area contributed by atoms with E-state index in [4.69, 9.17) is 40.4 Å². The zero-order valence-corrected chi connectivity index (χ0v) is 18.3. The first-order valence-electron chi connectivity index (χ1n) is 9.48. The number of hydrogen-bond acceptors (Lipinski definition) is 5. The summed E-state index contributed by atoms with van der Waals surface area (Å²) < 4.78 is 0. The van der Waals surface area contributed by atoms with Crippen LogP contribution in [0.5, 0.6) is 0 Å². The number of nitro groups is 1. The molecule has 0 aromatic heterocycles. The van der Waals surface area contributed by atoms with Gasteiger partial charge in [0.05, 0.1) is 21.2 Å². The van der Waals surface area contributed by atoms with Gasteiger partial charge in [-0.25, -0.2) is 0 Å². The Kier molecular flexibility index (Phi) is 7.20. The monoisotopic (exact) mass is 466 g/mol. The van der Waals surface area contributed by atoms with Gasteiger partial charge in [0.15, 0.2) is 0 Å². The van der Waals surface area contributed by atoms with E-state index in [0.717, 1.165) is 11.1 Å². The first-order chi connectivity index (χ1) is 15.3. The largest absolute Gasteiger partial charge is 0.398 e. The average Bonchev–Trinajstić information content (AvgIpc) is 2.77. The van der Waals surface area contributed by atoms with Crippen LogP contribution in [-0.4, -0.2) is 4.92 Å². The van der Waals surface area contributed by atoms with Crippen molar-refractivity contribution in [2.45, 2.75) is 0 Å². The molecule has 32 heavy (non-hydrogen) atoms. The van der Waals surface area contributed by atoms with Crippen molar-refractivity contribution in [1.82, 2.24) is 0 Å². The molecule has 0 radical (unpaired) electrons. The van der Waals surface area contributed by atoms with Gasteiger partial charge in [0.1, 0.15) is 5.02 Å². The van der Waals surface area contributed by atoms with Gasteiger partial charge in [-0.05, 0) is 30.3 Å². The van der Waals surface area contributed by atoms with Gasteiger partial charge < -0.3 is 17.2 Å². The molecule has 162 valence electrons. The van der Waals surface area contributed by atoms with Gasteiger partial charge in [0.25, 0.3) is 5.69 Å². The predicted molar refractivity (Wildman–Crippen MR) is 134 cm³/mol. The highest BCUT2D eigenvalue weighted by Crippen LogP contribution is 2.38. The van der Waals surface area contributed by atoms with Crippen molar-refractivity contribution in [1.29, 1.82) is 0 Å². The number of rotatable bonds is 3. The summed E-state index contributed by atoms with van der Waals surface area (Å²) in [6, 6.07) is 24.9. The molecule has 6 nitrogen and oxygen atoms in total. The van der Waals surface area contributed by atoms with E-state index < -0.39 is 4.92 Å². The van der Waals surface area contributed by atoms with Crippen LogP contribution in [0.1, 0.15) is 0 Å². The van der Waals surface area contributed by atoms with Crippen LogP contribution in [0.2, 0.25) is 10.0 Å². The van der Waals surface area contributed by atoms with E-state index in [1.807, 2.05) is 36.4 Å². The molecule has 0 unspecified atom stereocenters. The summed E-state index contributed by atoms with van der Waals surface area (Å²) in [4.78, 5) is 10.5. The molecule has 0 atom stereocenters. The Morgan fingerprint density at radius 1 is 0.594 bits per heavy atom. The third kappa shape index (κ3) is 4.94. The van der Waals surface area contributed by atoms with E-state index in [0.29, 0.717) is 33.2 Å². The molecule has 6 N–H and O–H groups in total. The zero-order chi connectivity index (χ0) is 23.3. The number of para-hydroxylation sites is 4. The first-order valence-corrected chi connectivity index (χ1v) is 10.2. The van der Waals surface area contributed by atoms with Crippen LogP contribution >= 0.6 is 23.2 Å². The molecule has 0 fully saturated rings. The minimum absolute atomic E-state index is 0.107. The number of nitrogen functional groups attached to an aromatic ring is 3. The molecule has 4 aromatic rings. The fraction of sp³-hybridized carbons (Fsp3) is 0. The van der Waals surface area contributed by atoms with Crippen LogP contribution in [0.3, 0.4) is 0 Å². The third-order valence-electron chi connectivity index (χ3n) is 4.72. The van der Waals surface area contributed by atoms with Crippen molar-refractivity contribution in [3.63, 3.8) is 0 Å². The van der Waals surface area contributed by atoms with Crippen molar-refractivity contribution in [2.75, 3.05) is 17.2 Å². The maximum Gasteiger partial charge on any atom is 0.295 e. The summed E-state index contributed by atoms with van der Waals surface area (Å²) in [6.45, 7) is 0. The Morgan fingerprint density at radius 3 is 1.56 bits per heavy atom. The Hall–Kier alpha value is -3.74. The second kappa shape index (κ2) is 10.0. The molecule has 4 aromatic carbocycles. The third-order valence-corrected chi connectivity index (χ3v) is 5.36. The maximum atomic E-state index is 11.0. The molecule has 8 heteroatoms. The van der Waals surface area contributed by atoms with E-state index >= 15 is 0 Å². The molecule has 0 spiro atoms. The minimum atomic E-state index is -0.496. The van der Waals surface area contributed by atoms with Crippen LogP contribution in [0, 0.1) is 10.1 Å². The molecule has 0 aliphatic heterocycles. The van der Waals surface area contributed by atoms with Crippen molar-refractivity contribution in [3.8, 4) is 22.3 Å². The smallest absolute Gasteiger partial charge is 0.295 e. The highest BCUT2D eigenvalue weighted by Gasteiger charge is 2.20. The van der Waals surface area contributed by atoms with Crippen LogP contribution < -0.4 is 17.2 Å². The molecule has 0 saturated heterocycles. The zero-order valence-electron chi connectivity index (χ0n) is 16.8. The summed E-state index contributed by atoms with van der Waals surface area (Å²) in [5, 5.41) is 11.7. The van der Waals surface area contributed by atoms with Crippen molar-refractivity contribution >= 4 is 46.0 Å². The number of nitro benzene ring substituents is 1. The molecular formula is C24H20Cl2N4O2. The molecule has 0 bridgehead atoms. The Balaban J connectivity index is 0.000000182. The topological polar surface area (TPSA) is 121 Å². The van der Waals surface area contributed by atoms with E-state index in [1.165, 1.54) is 6.07 Å². The molecular weight excluding hydrogens is 447 g/mol. The van der Waals surface area contributed by atoms with Gasteiger partial charge >= 0.3 is 0 Å². The van der Waals surface area contributed by atoms with Gasteiger partial charge in [0, 0.05) is 28.1 Å². The van der Waals surface area contributed by atoms with Gasteiger partial charge in [0.2, 0.25) is 0 Å². The lowest BCUT2D eigenvalue weighted by Crippen LogP contribution is -1.95. The molecule has 0 heterocycles. The van der Waals surface area contributed by atoms with Crippen LogP contribution in [0.25, 0.3) is 22.3 Å². The minimum Gasteiger partial charge on any atom is -0.398 e. The van der Waals surface area contributed by atoms with E-state index in [-0.39, 0.29) is 10.7 Å². The molecule has 0 amide bonds. The van der Waals surface area contributed by atoms with Crippen LogP contribution in [0.4, 0.5) is 22.7 Å². The van der Waals surface area contributed by atoms with Gasteiger partial charge in [-0.15, -0.1) is 0 Å². The average molecular weight is 467 g/mol. The van der Waals surface area contributed by atoms with Gasteiger partial charge in [-0.2, -0.15) is 0 Å². The normalized spacial score (nSPS) is 10.2. The first kappa shape index (κ1) is 22.9. The Morgan fingerprint density at radius 2 is 1.03 bits per heavy atom. The summed E-state index contributed by atoms with van der Waals surface area (Å²) in [5.74, 6) is 0. The SMILES string of the molecule is Nc1ccccc1-c1cccc(Cl)c1N.Nc1ccccc1-c1cccc(Cl)c1[N+](=O)[O-]. The molecule has 0 aliphatic carbocycles. The molecule has 0 saturated carbocycles. The number of anilines is 3. The second-order valence-corrected chi connectivity index (χ2v) is 7.58. The summed E-state index contributed by atoms with van der Waals surface area (Å²) in [6.07, 6.45) is 0. The summed E-state index contributed by atoms with van der Waals surface area (Å²) >= 11 is 11.8. The fourth-order valence-corrected chi connectivity index (χ4v) is 3.59. The van der Waals surface area contributed by atoms with Crippen LogP contribution in [-0.2, 0) is 0 Å². The highest BCUT2D eigenvalue weighted by molar-refractivity contribution is 6.34. The highest BCUT2D eigenvalue weighted by atomic mass is 35.5. The fourth-order valence-electron chi connectivity index (χ4n) is 3.17. The lowest BCUT2D eigenvalue weighted by atomic mass is 10.0. The standard InChI is InChI=1S/C12H9ClN2O2.C12H11ClN2/c13-10-6-3-5-9(12(10)15(16)17)8-4-1-2-7-11(8)14;13-10-6-3-5-9(12(10)15)8-4-1-2-7-11(8)14/h1-7H,14H2;1-7H,14-15H2. The molecule has 4 rings (SSSR count). The van der Waals surface area contributed by atoms with Gasteiger partial charge in [-0.3, -0.25) is 10.1 Å². The Bertz CT molecular complexity index is 1280. The Labute approximate surface area is 195 Å². The summed E-state index contributed by atoms with van der Waals surface area (Å²) in [5.41, 5.74) is 22.0. The summed E-state index contributed by atoms with van der Waals surface area (Å²) in [7, 11) is 0. The quantitative estimate of drug-likeness (QED) is 0.177. The number of halogens is 2. The number of nitrogens with two attached hydrogens (primary N) is 3. The number of nitrogens with zero attached hydrogens (tertiary/aromatic N) is 1. The van der Waals surface area contributed by atoms with E-state index in [2.05, 4.69) is 0 Å². The van der Waals surface area contributed by atoms with Crippen molar-refractivity contribution in [2.24, 2.45) is 0 Å². The predicted octanol–water partition coefficient (Wildman–Crippen LogP) is 6.67. The van der Waals surface area contributed by atoms with Crippen molar-refractivity contribution < 1.29 is 4.92 Å². The van der Waals surface area contributed by atoms with Gasteiger partial charge in [-0.1, -0.05) is 77.8 Å². The molecule has 0 aliphatic rings. The number of benzene rings is 4. The lowest BCUT2D eigenvalue weighted by Gasteiger charge is -2.09. The number of hydrogen-bond donors (Lipinski definition) is 3. The van der Waals surface area contributed by atoms with E-state index in [9.17, 15) is 10.1 Å². The van der Waals surface area contributed by atoms with Crippen LogP contribution in [0.15, 0.2) is 84.9 Å². The van der Waals surface area contributed by atoms with Crippen molar-refractivity contribution in [3.05, 3.63) is 105 Å². The lowest BCUT2D eigenvalue weighted by molar-refractivity contribution is -0.384. The maximum absolute atomic E-state index is 11.0. The van der Waals surface area contributed by atoms with E-state index in [1.54, 1.807) is 42.5 Å².